The number of allylic oxidation sites excluding steroid dienone is 2. The molecule has 0 aromatic heterocycles. The number of nitrogens with zero attached hydrogens (tertiary/aromatic N) is 2. The fraction of sp³-hybridized carbons (Fsp3) is 0.429. The zero-order valence-corrected chi connectivity index (χ0v) is 34.5. The summed E-state index contributed by atoms with van der Waals surface area (Å²) in [5, 5.41) is 2.48. The van der Waals surface area contributed by atoms with Crippen molar-refractivity contribution in [2.24, 2.45) is 0 Å². The molecule has 1 aliphatic rings. The van der Waals surface area contributed by atoms with Gasteiger partial charge < -0.3 is 5.53 Å². The SMILES string of the molecule is CCCCCCC1=C(c2cc(C)c(C)c(C)c2)[N+](=[N-])C(c2cc(C)c(C)c(C)c2)=C1CCCCC.c1ccc(C[CH2][Ni][CH2]Cc2ccccc2)cc1. The van der Waals surface area contributed by atoms with Crippen LogP contribution >= 0.6 is 0 Å². The van der Waals surface area contributed by atoms with E-state index in [2.05, 4.69) is 140 Å². The van der Waals surface area contributed by atoms with Crippen LogP contribution in [-0.4, -0.2) is 4.70 Å². The first-order chi connectivity index (χ1) is 25.2. The third kappa shape index (κ3) is 11.5. The van der Waals surface area contributed by atoms with Gasteiger partial charge in [0.15, 0.2) is 0 Å². The van der Waals surface area contributed by atoms with E-state index in [1.54, 1.807) is 4.70 Å². The Bertz CT molecular complexity index is 1730. The van der Waals surface area contributed by atoms with Gasteiger partial charge in [-0.25, -0.2) is 4.70 Å². The van der Waals surface area contributed by atoms with E-state index in [0.29, 0.717) is 0 Å². The van der Waals surface area contributed by atoms with Crippen LogP contribution in [0.1, 0.15) is 127 Å². The molecular weight excluding hydrogens is 675 g/mol. The van der Waals surface area contributed by atoms with Gasteiger partial charge in [0.25, 0.3) is 0 Å². The summed E-state index contributed by atoms with van der Waals surface area (Å²) in [4.78, 5) is 0. The van der Waals surface area contributed by atoms with Crippen LogP contribution in [0.2, 0.25) is 10.8 Å². The minimum atomic E-state index is 1.00. The summed E-state index contributed by atoms with van der Waals surface area (Å²) in [5.41, 5.74) is 29.6. The van der Waals surface area contributed by atoms with Gasteiger partial charge in [0.2, 0.25) is 11.4 Å². The van der Waals surface area contributed by atoms with Gasteiger partial charge in [0, 0.05) is 22.3 Å². The third-order valence-electron chi connectivity index (χ3n) is 10.7. The Morgan fingerprint density at radius 2 is 0.846 bits per heavy atom. The Balaban J connectivity index is 0.000000296. The maximum absolute atomic E-state index is 11.9. The van der Waals surface area contributed by atoms with Crippen LogP contribution in [0.4, 0.5) is 0 Å². The van der Waals surface area contributed by atoms with Crippen LogP contribution < -0.4 is 0 Å². The molecule has 1 aliphatic heterocycles. The topological polar surface area (TPSA) is 25.3 Å². The van der Waals surface area contributed by atoms with Gasteiger partial charge in [-0.2, -0.15) is 0 Å². The number of hydrogen-bond acceptors (Lipinski definition) is 0. The van der Waals surface area contributed by atoms with Crippen molar-refractivity contribution >= 4 is 11.4 Å². The van der Waals surface area contributed by atoms with Crippen LogP contribution in [0.15, 0.2) is 96.1 Å². The van der Waals surface area contributed by atoms with Crippen LogP contribution in [0.5, 0.6) is 0 Å². The molecule has 0 saturated heterocycles. The van der Waals surface area contributed by atoms with Crippen molar-refractivity contribution in [2.75, 3.05) is 0 Å². The molecule has 0 radical (unpaired) electrons. The molecule has 0 atom stereocenters. The average molecular weight is 740 g/mol. The molecule has 0 bridgehead atoms. The summed E-state index contributed by atoms with van der Waals surface area (Å²) in [5.74, 6) is 0. The molecule has 0 spiro atoms. The van der Waals surface area contributed by atoms with Gasteiger partial charge in [-0.3, -0.25) is 0 Å². The summed E-state index contributed by atoms with van der Waals surface area (Å²) in [7, 11) is 0. The Hall–Kier alpha value is -3.55. The predicted molar refractivity (Wildman–Crippen MR) is 222 cm³/mol. The molecule has 4 aromatic carbocycles. The summed E-state index contributed by atoms with van der Waals surface area (Å²) >= 11 is 1.86. The molecule has 0 amide bonds. The van der Waals surface area contributed by atoms with Crippen molar-refractivity contribution in [3.8, 4) is 0 Å². The second kappa shape index (κ2) is 21.2. The molecule has 1 heterocycles. The molecular formula is C49H64N2Ni. The Labute approximate surface area is 323 Å². The summed E-state index contributed by atoms with van der Waals surface area (Å²) in [6.07, 6.45) is 12.9. The molecule has 0 unspecified atom stereocenters. The first-order valence-corrected chi connectivity index (χ1v) is 21.2. The van der Waals surface area contributed by atoms with Crippen molar-refractivity contribution < 1.29 is 19.1 Å². The van der Waals surface area contributed by atoms with Crippen LogP contribution in [0, 0.1) is 41.5 Å². The van der Waals surface area contributed by atoms with E-state index in [0.717, 1.165) is 41.8 Å². The van der Waals surface area contributed by atoms with Crippen molar-refractivity contribution in [3.63, 3.8) is 0 Å². The van der Waals surface area contributed by atoms with Gasteiger partial charge in [-0.05, 0) is 125 Å². The molecule has 2 nitrogen and oxygen atoms in total. The fourth-order valence-electron chi connectivity index (χ4n) is 7.07. The van der Waals surface area contributed by atoms with Crippen LogP contribution in [0.25, 0.3) is 16.9 Å². The molecule has 0 aliphatic carbocycles. The molecule has 0 N–H and O–H groups in total. The number of benzene rings is 4. The molecule has 52 heavy (non-hydrogen) atoms. The Morgan fingerprint density at radius 1 is 0.481 bits per heavy atom. The molecule has 0 saturated carbocycles. The molecule has 5 rings (SSSR count). The number of rotatable bonds is 17. The Morgan fingerprint density at radius 3 is 1.23 bits per heavy atom. The quantitative estimate of drug-likeness (QED) is 0.0585. The van der Waals surface area contributed by atoms with Crippen LogP contribution in [0.3, 0.4) is 0 Å². The Kier molecular flexibility index (Phi) is 16.8. The van der Waals surface area contributed by atoms with E-state index >= 15 is 0 Å². The summed E-state index contributed by atoms with van der Waals surface area (Å²) in [6.45, 7) is 17.7. The van der Waals surface area contributed by atoms with E-state index in [-0.39, 0.29) is 0 Å². The second-order valence-corrected chi connectivity index (χ2v) is 16.1. The minimum absolute atomic E-state index is 1.00. The fourth-order valence-corrected chi connectivity index (χ4v) is 8.24. The zero-order chi connectivity index (χ0) is 37.5. The van der Waals surface area contributed by atoms with Gasteiger partial charge in [-0.1, -0.05) is 46.0 Å². The first kappa shape index (κ1) is 41.2. The molecule has 0 fully saturated rings. The van der Waals surface area contributed by atoms with Crippen molar-refractivity contribution in [1.29, 1.82) is 0 Å². The van der Waals surface area contributed by atoms with Gasteiger partial charge in [-0.15, -0.1) is 0 Å². The van der Waals surface area contributed by atoms with E-state index < -0.39 is 0 Å². The molecule has 4 aromatic rings. The molecule has 3 heteroatoms. The second-order valence-electron chi connectivity index (χ2n) is 14.6. The van der Waals surface area contributed by atoms with Crippen molar-refractivity contribution in [1.82, 2.24) is 0 Å². The van der Waals surface area contributed by atoms with E-state index in [1.165, 1.54) is 118 Å². The molecule has 280 valence electrons. The first-order valence-electron chi connectivity index (χ1n) is 19.8. The zero-order valence-electron chi connectivity index (χ0n) is 33.5. The normalized spacial score (nSPS) is 12.9. The summed E-state index contributed by atoms with van der Waals surface area (Å²) < 4.78 is 1.55. The van der Waals surface area contributed by atoms with Gasteiger partial charge >= 0.3 is 110 Å². The predicted octanol–water partition coefficient (Wildman–Crippen LogP) is 14.6. The average Bonchev–Trinajstić information content (AvgIpc) is 3.42. The number of hydrogen-bond donors (Lipinski definition) is 0. The van der Waals surface area contributed by atoms with E-state index in [9.17, 15) is 5.53 Å². The van der Waals surface area contributed by atoms with Gasteiger partial charge in [0.05, 0.1) is 0 Å². The van der Waals surface area contributed by atoms with Crippen molar-refractivity contribution in [3.05, 3.63) is 157 Å². The monoisotopic (exact) mass is 738 g/mol. The number of unbranched alkanes of at least 4 members (excludes halogenated alkanes) is 5. The van der Waals surface area contributed by atoms with Gasteiger partial charge in [0.1, 0.15) is 0 Å². The summed E-state index contributed by atoms with van der Waals surface area (Å²) in [6, 6.07) is 30.5. The van der Waals surface area contributed by atoms with E-state index in [4.69, 9.17) is 0 Å². The van der Waals surface area contributed by atoms with E-state index in [1.807, 2.05) is 14.4 Å². The maximum atomic E-state index is 11.9. The number of aryl methyl sites for hydroxylation is 6. The van der Waals surface area contributed by atoms with Crippen molar-refractivity contribution in [2.45, 2.75) is 137 Å². The van der Waals surface area contributed by atoms with Crippen LogP contribution in [-0.2, 0) is 27.3 Å². The standard InChI is InChI=1S/C33H46N2.2C8H9.Ni/c1-9-11-13-15-17-31-30(16-14-12-10-2)32(28-18-22(3)26(7)23(4)19-28)35(34)33(31)29-20-24(5)27(8)25(6)21-29;2*1-2-8-6-4-3-5-7-8;/h18-21H,9-17H2,1-8H3;2*3-7H,1-2H2;. The third-order valence-corrected chi connectivity index (χ3v) is 11.9.